The first kappa shape index (κ1) is 100. The van der Waals surface area contributed by atoms with Gasteiger partial charge in [0.1, 0.15) is 104 Å². The van der Waals surface area contributed by atoms with Crippen LogP contribution >= 0.6 is 0 Å². The summed E-state index contributed by atoms with van der Waals surface area (Å²) in [7, 11) is 0. The Hall–Kier alpha value is -12.5. The lowest BCUT2D eigenvalue weighted by Crippen LogP contribution is -2.46. The van der Waals surface area contributed by atoms with E-state index < -0.39 is 0 Å². The zero-order chi connectivity index (χ0) is 99.1. The van der Waals surface area contributed by atoms with Crippen LogP contribution in [0.5, 0.6) is 0 Å². The standard InChI is InChI=1S/C29H37N2.C29H31N2.C28H35N2.2C24H29N2/c2*1-22-14-12-13-21-27(22)30-23(2)28(24-15-6-3-7-16-24)31(26-19-10-5-11-20-26)29(30)25-17-8-4-9-18-25;1-21-13-9-12-20-26(21)29-22(2)27(23-14-10-11-15-23)30(25-18-7-4-8-19-25)28(29)24-16-5-3-6-17-24;2*1-18-12-10-11-17-23(18)26-20(3)19(2)25(22-15-8-5-9-16-22)24(26)21-13-6-4-7-14-21/h4,8-9,12-14,17-18,21,24,26H,3,5-7,10-11,15-16,19-20H2,1-2H3;3-4,6-9,12-18,21,26H,5,10-11,19-20H2,1-2H3;3,5-6,9,12-13,16-17,20,23,25H,4,7-8,10-11,14-15,18-19H2,1-2H3;2*4,6-7,10-14,17,22H,5,8-9,15-16H2,1-3H3/q5*+1. The van der Waals surface area contributed by atoms with Crippen LogP contribution in [0.25, 0.3) is 96.6 Å². The third-order valence-electron chi connectivity index (χ3n) is 33.9. The van der Waals surface area contributed by atoms with Gasteiger partial charge in [-0.3, -0.25) is 0 Å². The summed E-state index contributed by atoms with van der Waals surface area (Å²) in [6, 6.07) is 113. The highest BCUT2D eigenvalue weighted by Gasteiger charge is 2.45. The molecule has 0 radical (unpaired) electrons. The van der Waals surface area contributed by atoms with E-state index in [1.807, 2.05) is 0 Å². The molecule has 7 saturated carbocycles. The molecule has 144 heavy (non-hydrogen) atoms. The zero-order valence-corrected chi connectivity index (χ0v) is 88.9. The van der Waals surface area contributed by atoms with Gasteiger partial charge in [0.05, 0.1) is 27.8 Å². The molecule has 5 heterocycles. The molecule has 0 bridgehead atoms. The third-order valence-corrected chi connectivity index (χ3v) is 33.9. The van der Waals surface area contributed by atoms with E-state index in [1.54, 1.807) is 11.4 Å². The van der Waals surface area contributed by atoms with E-state index in [0.29, 0.717) is 42.0 Å². The Kier molecular flexibility index (Phi) is 32.8. The van der Waals surface area contributed by atoms with Crippen molar-refractivity contribution in [3.05, 3.63) is 382 Å². The molecule has 0 unspecified atom stereocenters. The predicted octanol–water partition coefficient (Wildman–Crippen LogP) is 33.8. The Labute approximate surface area is 862 Å². The first-order chi connectivity index (χ1) is 70.6. The maximum Gasteiger partial charge on any atom is 0.295 e. The van der Waals surface area contributed by atoms with Crippen LogP contribution < -0.4 is 22.8 Å². The minimum atomic E-state index is 0.531. The molecule has 0 saturated heterocycles. The van der Waals surface area contributed by atoms with Crippen molar-refractivity contribution in [3.63, 3.8) is 0 Å². The number of benzene rings is 11. The van der Waals surface area contributed by atoms with Gasteiger partial charge in [0.15, 0.2) is 11.4 Å². The van der Waals surface area contributed by atoms with Crippen LogP contribution in [-0.2, 0) is 0 Å². The molecular weight excluding hydrogens is 1750 g/mol. The fourth-order valence-electron chi connectivity index (χ4n) is 26.5. The molecule has 0 spiro atoms. The number of hydrogen-bond donors (Lipinski definition) is 0. The highest BCUT2D eigenvalue weighted by Crippen LogP contribution is 2.46. The Morgan fingerprint density at radius 3 is 0.597 bits per heavy atom. The van der Waals surface area contributed by atoms with E-state index in [1.165, 1.54) is 383 Å². The summed E-state index contributed by atoms with van der Waals surface area (Å²) >= 11 is 0. The quantitative estimate of drug-likeness (QED) is 0.0769. The summed E-state index contributed by atoms with van der Waals surface area (Å²) in [5.41, 5.74) is 35.4. The van der Waals surface area contributed by atoms with Crippen LogP contribution in [-0.4, -0.2) is 22.8 Å². The Morgan fingerprint density at radius 1 is 0.167 bits per heavy atom. The van der Waals surface area contributed by atoms with Gasteiger partial charge in [0.25, 0.3) is 29.1 Å². The summed E-state index contributed by atoms with van der Waals surface area (Å²) in [6.07, 6.45) is 45.7. The molecule has 0 N–H and O–H groups in total. The molecule has 0 atom stereocenters. The first-order valence-electron chi connectivity index (χ1n) is 56.0. The number of rotatable bonds is 18. The summed E-state index contributed by atoms with van der Waals surface area (Å²) in [4.78, 5) is 0. The number of aryl methyl sites for hydroxylation is 5. The van der Waals surface area contributed by atoms with E-state index in [4.69, 9.17) is 0 Å². The maximum absolute atomic E-state index is 2.83. The van der Waals surface area contributed by atoms with Gasteiger partial charge in [-0.2, -0.15) is 22.8 Å². The summed E-state index contributed by atoms with van der Waals surface area (Å²) in [6.45, 7) is 27.4. The molecule has 7 fully saturated rings. The van der Waals surface area contributed by atoms with Gasteiger partial charge >= 0.3 is 0 Å². The maximum atomic E-state index is 2.83. The van der Waals surface area contributed by atoms with Gasteiger partial charge in [-0.25, -0.2) is 22.8 Å². The monoisotopic (exact) mass is 1910 g/mol. The minimum Gasteiger partial charge on any atom is -0.224 e. The Bertz CT molecular complexity index is 6760. The fourth-order valence-corrected chi connectivity index (χ4v) is 26.5. The topological polar surface area (TPSA) is 44.0 Å². The lowest BCUT2D eigenvalue weighted by atomic mass is 9.85. The number of hydrogen-bond acceptors (Lipinski definition) is 0. The van der Waals surface area contributed by atoms with E-state index in [2.05, 4.69) is 432 Å². The summed E-state index contributed by atoms with van der Waals surface area (Å²) < 4.78 is 26.2. The predicted molar refractivity (Wildman–Crippen MR) is 597 cm³/mol. The lowest BCUT2D eigenvalue weighted by Gasteiger charge is -2.26. The van der Waals surface area contributed by atoms with Crippen molar-refractivity contribution in [2.75, 3.05) is 0 Å². The first-order valence-corrected chi connectivity index (χ1v) is 56.0. The molecule has 23 rings (SSSR count). The van der Waals surface area contributed by atoms with Gasteiger partial charge in [-0.15, -0.1) is 0 Å². The molecule has 11 aromatic carbocycles. The lowest BCUT2D eigenvalue weighted by molar-refractivity contribution is -0.722. The molecule has 7 aliphatic rings. The summed E-state index contributed by atoms with van der Waals surface area (Å²) in [5.74, 6) is 8.18. The van der Waals surface area contributed by atoms with Crippen LogP contribution in [0.15, 0.2) is 303 Å². The van der Waals surface area contributed by atoms with Crippen LogP contribution in [0.3, 0.4) is 0 Å². The van der Waals surface area contributed by atoms with Crippen molar-refractivity contribution in [1.29, 1.82) is 0 Å². The van der Waals surface area contributed by atoms with Crippen molar-refractivity contribution in [3.8, 4) is 96.6 Å². The van der Waals surface area contributed by atoms with Crippen molar-refractivity contribution >= 4 is 0 Å². The SMILES string of the molecule is Cc1ccccc1-n1c(C)c(-c2ccccc2)[n+](C2CCCCC2)c1-c1ccccc1.Cc1ccccc1-n1c(C)c(C)[n+](C2CCCCC2)c1-c1ccccc1.Cc1ccccc1-n1c(C)c(C)[n+](C2CCCCC2)c1-c1ccccc1.Cc1ccccc1-n1c(C)c(C2CCCC2)[n+](C2CCCCC2)c1-c1ccccc1.Cc1ccccc1-n1c(C)c(C2CCCCC2)[n+](C2CCCCC2)c1-c1ccccc1. The number of nitrogens with zero attached hydrogens (tertiary/aromatic N) is 10. The number of aromatic nitrogens is 10. The van der Waals surface area contributed by atoms with Crippen molar-refractivity contribution < 1.29 is 22.8 Å². The van der Waals surface area contributed by atoms with Crippen molar-refractivity contribution in [1.82, 2.24) is 22.8 Å². The van der Waals surface area contributed by atoms with E-state index >= 15 is 0 Å². The molecular formula is C134H161N10+5. The smallest absolute Gasteiger partial charge is 0.224 e. The molecule has 10 heteroatoms. The van der Waals surface area contributed by atoms with Gasteiger partial charge in [-0.1, -0.05) is 277 Å². The molecule has 16 aromatic rings. The molecule has 10 nitrogen and oxygen atoms in total. The molecule has 5 aromatic heterocycles. The van der Waals surface area contributed by atoms with Crippen LogP contribution in [0.1, 0.15) is 339 Å². The second-order valence-electron chi connectivity index (χ2n) is 43.3. The number of para-hydroxylation sites is 5. The third kappa shape index (κ3) is 21.2. The normalized spacial score (nSPS) is 16.4. The Morgan fingerprint density at radius 2 is 0.347 bits per heavy atom. The second-order valence-corrected chi connectivity index (χ2v) is 43.3. The Balaban J connectivity index is 0.000000114. The largest absolute Gasteiger partial charge is 0.295 e. The van der Waals surface area contributed by atoms with Gasteiger partial charge < -0.3 is 0 Å². The van der Waals surface area contributed by atoms with E-state index in [-0.39, 0.29) is 0 Å². The van der Waals surface area contributed by atoms with Gasteiger partial charge in [-0.05, 0) is 308 Å². The molecule has 0 aliphatic heterocycles. The van der Waals surface area contributed by atoms with Crippen LogP contribution in [0.4, 0.5) is 0 Å². The number of imidazole rings is 5. The average Bonchev–Trinajstić information content (AvgIpc) is 1.57. The van der Waals surface area contributed by atoms with Gasteiger partial charge in [0.2, 0.25) is 0 Å². The zero-order valence-electron chi connectivity index (χ0n) is 88.9. The van der Waals surface area contributed by atoms with E-state index in [9.17, 15) is 0 Å². The average molecular weight is 1910 g/mol. The highest BCUT2D eigenvalue weighted by atomic mass is 15.2. The van der Waals surface area contributed by atoms with Crippen LogP contribution in [0, 0.1) is 83.1 Å². The highest BCUT2D eigenvalue weighted by molar-refractivity contribution is 5.68. The minimum absolute atomic E-state index is 0.531. The van der Waals surface area contributed by atoms with Crippen molar-refractivity contribution in [2.45, 2.75) is 343 Å². The molecule has 0 amide bonds. The second kappa shape index (κ2) is 47.1. The van der Waals surface area contributed by atoms with Crippen molar-refractivity contribution in [2.24, 2.45) is 0 Å². The van der Waals surface area contributed by atoms with Crippen LogP contribution in [0.2, 0.25) is 0 Å². The van der Waals surface area contributed by atoms with E-state index in [0.717, 1.165) is 0 Å². The summed E-state index contributed by atoms with van der Waals surface area (Å²) in [5, 5.41) is 0. The molecule has 7 aliphatic carbocycles. The van der Waals surface area contributed by atoms with Gasteiger partial charge in [0, 0.05) is 65.9 Å². The molecule has 742 valence electrons. The fraction of sp³-hybridized carbons (Fsp3) is 0.396.